The Balaban J connectivity index is 1.69. The van der Waals surface area contributed by atoms with Crippen LogP contribution in [0.2, 0.25) is 0 Å². The quantitative estimate of drug-likeness (QED) is 0.726. The van der Waals surface area contributed by atoms with Gasteiger partial charge in [-0.15, -0.1) is 0 Å². The van der Waals surface area contributed by atoms with E-state index in [1.807, 2.05) is 4.90 Å². The molecule has 1 amide bonds. The zero-order valence-corrected chi connectivity index (χ0v) is 16.4. The van der Waals surface area contributed by atoms with Crippen molar-refractivity contribution < 1.29 is 9.18 Å². The van der Waals surface area contributed by atoms with Crippen LogP contribution in [0.5, 0.6) is 0 Å². The Morgan fingerprint density at radius 2 is 2.04 bits per heavy atom. The van der Waals surface area contributed by atoms with Crippen LogP contribution in [0.15, 0.2) is 60.2 Å². The molecule has 4 rings (SSSR count). The molecule has 0 bridgehead atoms. The fraction of sp³-hybridized carbons (Fsp3) is 0.375. The minimum Gasteiger partial charge on any atom is -0.328 e. The summed E-state index contributed by atoms with van der Waals surface area (Å²) in [4.78, 5) is 17.7. The molecule has 1 aliphatic carbocycles. The number of hydrogen-bond acceptors (Lipinski definition) is 2. The second-order valence-corrected chi connectivity index (χ2v) is 7.92. The summed E-state index contributed by atoms with van der Waals surface area (Å²) in [5.41, 5.74) is 4.29. The summed E-state index contributed by atoms with van der Waals surface area (Å²) in [6.45, 7) is 2.54. The molecule has 2 aromatic rings. The molecule has 4 heteroatoms. The van der Waals surface area contributed by atoms with Crippen LogP contribution < -0.4 is 0 Å². The number of carbonyl (C=O) groups excluding carboxylic acids is 1. The standard InChI is InChI=1S/C24H27FN2O/c1-26-14-12-18(13-15-26)17-27(24(28)20-8-4-9-21(25)16-20)23-11-5-7-19-6-2-3-10-22(19)23/h2-4,6,8-10,12,16,23H,5,7,11,13-15,17H2,1H3/t23-/m0/s1. The van der Waals surface area contributed by atoms with Crippen LogP contribution in [0.3, 0.4) is 0 Å². The maximum Gasteiger partial charge on any atom is 0.254 e. The van der Waals surface area contributed by atoms with Gasteiger partial charge in [-0.3, -0.25) is 4.79 Å². The van der Waals surface area contributed by atoms with Crippen molar-refractivity contribution in [1.82, 2.24) is 9.80 Å². The number of hydrogen-bond donors (Lipinski definition) is 0. The smallest absolute Gasteiger partial charge is 0.254 e. The monoisotopic (exact) mass is 378 g/mol. The van der Waals surface area contributed by atoms with E-state index >= 15 is 0 Å². The van der Waals surface area contributed by atoms with E-state index in [-0.39, 0.29) is 17.8 Å². The fourth-order valence-corrected chi connectivity index (χ4v) is 4.34. The Hall–Kier alpha value is -2.46. The summed E-state index contributed by atoms with van der Waals surface area (Å²) in [6, 6.07) is 14.6. The molecule has 146 valence electrons. The average Bonchev–Trinajstić information content (AvgIpc) is 2.72. The van der Waals surface area contributed by atoms with Gasteiger partial charge in [-0.25, -0.2) is 4.39 Å². The number of amides is 1. The summed E-state index contributed by atoms with van der Waals surface area (Å²) in [6.07, 6.45) is 6.28. The molecule has 1 atom stereocenters. The van der Waals surface area contributed by atoms with E-state index in [0.29, 0.717) is 12.1 Å². The molecule has 0 N–H and O–H groups in total. The molecule has 1 heterocycles. The third-order valence-electron chi connectivity index (χ3n) is 5.93. The van der Waals surface area contributed by atoms with E-state index in [4.69, 9.17) is 0 Å². The SMILES string of the molecule is CN1CC=C(CN(C(=O)c2cccc(F)c2)[C@H]2CCCc3ccccc32)CC1. The Bertz CT molecular complexity index is 892. The van der Waals surface area contributed by atoms with Gasteiger partial charge in [0.15, 0.2) is 0 Å². The first kappa shape index (κ1) is 18.9. The van der Waals surface area contributed by atoms with E-state index in [9.17, 15) is 9.18 Å². The van der Waals surface area contributed by atoms with Gasteiger partial charge in [-0.2, -0.15) is 0 Å². The van der Waals surface area contributed by atoms with Gasteiger partial charge >= 0.3 is 0 Å². The van der Waals surface area contributed by atoms with Crippen molar-refractivity contribution in [3.05, 3.63) is 82.7 Å². The van der Waals surface area contributed by atoms with Crippen LogP contribution in [-0.4, -0.2) is 42.4 Å². The summed E-state index contributed by atoms with van der Waals surface area (Å²) in [5, 5.41) is 0. The van der Waals surface area contributed by atoms with Gasteiger partial charge in [0.25, 0.3) is 5.91 Å². The lowest BCUT2D eigenvalue weighted by Gasteiger charge is -2.37. The average molecular weight is 378 g/mol. The molecule has 0 fully saturated rings. The normalized spacial score (nSPS) is 19.6. The van der Waals surface area contributed by atoms with Crippen LogP contribution in [0, 0.1) is 5.82 Å². The number of aryl methyl sites for hydroxylation is 1. The van der Waals surface area contributed by atoms with Gasteiger partial charge in [0.05, 0.1) is 6.04 Å². The van der Waals surface area contributed by atoms with E-state index in [1.165, 1.54) is 28.8 Å². The Morgan fingerprint density at radius 1 is 1.18 bits per heavy atom. The third kappa shape index (κ3) is 4.02. The van der Waals surface area contributed by atoms with Crippen molar-refractivity contribution in [2.24, 2.45) is 0 Å². The Kier molecular flexibility index (Phi) is 5.58. The predicted molar refractivity (Wildman–Crippen MR) is 110 cm³/mol. The maximum absolute atomic E-state index is 13.8. The molecular weight excluding hydrogens is 351 g/mol. The molecule has 3 nitrogen and oxygen atoms in total. The minimum atomic E-state index is -0.367. The van der Waals surface area contributed by atoms with Crippen LogP contribution >= 0.6 is 0 Å². The van der Waals surface area contributed by atoms with Crippen molar-refractivity contribution in [3.8, 4) is 0 Å². The highest BCUT2D eigenvalue weighted by molar-refractivity contribution is 5.94. The molecule has 1 aliphatic heterocycles. The summed E-state index contributed by atoms with van der Waals surface area (Å²) in [5.74, 6) is -0.450. The van der Waals surface area contributed by atoms with Gasteiger partial charge < -0.3 is 9.80 Å². The molecule has 0 radical (unpaired) electrons. The van der Waals surface area contributed by atoms with Gasteiger partial charge in [0, 0.05) is 25.2 Å². The van der Waals surface area contributed by atoms with Crippen molar-refractivity contribution in [2.75, 3.05) is 26.7 Å². The third-order valence-corrected chi connectivity index (χ3v) is 5.93. The molecule has 0 unspecified atom stereocenters. The second kappa shape index (κ2) is 8.27. The first-order chi connectivity index (χ1) is 13.6. The predicted octanol–water partition coefficient (Wildman–Crippen LogP) is 4.61. The maximum atomic E-state index is 13.8. The zero-order chi connectivity index (χ0) is 19.5. The Labute approximate surface area is 166 Å². The highest BCUT2D eigenvalue weighted by Crippen LogP contribution is 2.36. The van der Waals surface area contributed by atoms with E-state index in [1.54, 1.807) is 12.1 Å². The van der Waals surface area contributed by atoms with Crippen LogP contribution in [0.1, 0.15) is 46.8 Å². The minimum absolute atomic E-state index is 0.0428. The molecule has 0 saturated heterocycles. The number of benzene rings is 2. The fourth-order valence-electron chi connectivity index (χ4n) is 4.34. The second-order valence-electron chi connectivity index (χ2n) is 7.92. The van der Waals surface area contributed by atoms with E-state index in [0.717, 1.165) is 38.8 Å². The number of rotatable bonds is 4. The summed E-state index contributed by atoms with van der Waals surface area (Å²) >= 11 is 0. The van der Waals surface area contributed by atoms with E-state index in [2.05, 4.69) is 42.3 Å². The number of halogens is 1. The molecular formula is C24H27FN2O. The molecule has 2 aliphatic rings. The highest BCUT2D eigenvalue weighted by Gasteiger charge is 2.30. The van der Waals surface area contributed by atoms with Crippen molar-refractivity contribution in [1.29, 1.82) is 0 Å². The van der Waals surface area contributed by atoms with Crippen LogP contribution in [0.4, 0.5) is 4.39 Å². The van der Waals surface area contributed by atoms with Crippen LogP contribution in [-0.2, 0) is 6.42 Å². The summed E-state index contributed by atoms with van der Waals surface area (Å²) in [7, 11) is 2.11. The Morgan fingerprint density at radius 3 is 2.82 bits per heavy atom. The lowest BCUT2D eigenvalue weighted by Crippen LogP contribution is -2.39. The largest absolute Gasteiger partial charge is 0.328 e. The molecule has 28 heavy (non-hydrogen) atoms. The first-order valence-corrected chi connectivity index (χ1v) is 10.1. The zero-order valence-electron chi connectivity index (χ0n) is 16.4. The van der Waals surface area contributed by atoms with Crippen molar-refractivity contribution in [2.45, 2.75) is 31.7 Å². The molecule has 0 aromatic heterocycles. The molecule has 2 aromatic carbocycles. The van der Waals surface area contributed by atoms with Crippen LogP contribution in [0.25, 0.3) is 0 Å². The molecule has 0 saturated carbocycles. The van der Waals surface area contributed by atoms with Gasteiger partial charge in [0.1, 0.15) is 5.82 Å². The topological polar surface area (TPSA) is 23.6 Å². The number of fused-ring (bicyclic) bond motifs is 1. The summed E-state index contributed by atoms with van der Waals surface area (Å²) < 4.78 is 13.8. The van der Waals surface area contributed by atoms with Gasteiger partial charge in [-0.1, -0.05) is 42.0 Å². The van der Waals surface area contributed by atoms with Crippen molar-refractivity contribution in [3.63, 3.8) is 0 Å². The molecule has 0 spiro atoms. The van der Waals surface area contributed by atoms with E-state index < -0.39 is 0 Å². The first-order valence-electron chi connectivity index (χ1n) is 10.1. The lowest BCUT2D eigenvalue weighted by molar-refractivity contribution is 0.0674. The number of nitrogens with zero attached hydrogens (tertiary/aromatic N) is 2. The highest BCUT2D eigenvalue weighted by atomic mass is 19.1. The lowest BCUT2D eigenvalue weighted by atomic mass is 9.86. The number of carbonyl (C=O) groups is 1. The van der Waals surface area contributed by atoms with Crippen molar-refractivity contribution >= 4 is 5.91 Å². The number of likely N-dealkylation sites (N-methyl/N-ethyl adjacent to an activating group) is 1. The van der Waals surface area contributed by atoms with Gasteiger partial charge in [-0.05, 0) is 62.1 Å². The van der Waals surface area contributed by atoms with Gasteiger partial charge in [0.2, 0.25) is 0 Å².